The summed E-state index contributed by atoms with van der Waals surface area (Å²) >= 11 is 0. The van der Waals surface area contributed by atoms with Gasteiger partial charge in [-0.15, -0.1) is 4.39 Å². The van der Waals surface area contributed by atoms with Gasteiger partial charge in [-0.2, -0.15) is 0 Å². The predicted octanol–water partition coefficient (Wildman–Crippen LogP) is 1.78. The summed E-state index contributed by atoms with van der Waals surface area (Å²) in [4.78, 5) is 0. The number of rotatable bonds is 1. The van der Waals surface area contributed by atoms with E-state index >= 15 is 0 Å². The van der Waals surface area contributed by atoms with Gasteiger partial charge >= 0.3 is 0 Å². The highest BCUT2D eigenvalue weighted by Gasteiger charge is 1.87. The highest BCUT2D eigenvalue weighted by atomic mass is 19.1. The molecular weight excluding hydrogens is 91.1 g/mol. The third kappa shape index (κ3) is 3.32. The summed E-state index contributed by atoms with van der Waals surface area (Å²) in [6, 6.07) is 0. The summed E-state index contributed by atoms with van der Waals surface area (Å²) in [5, 5.41) is 0. The first-order valence-electron chi connectivity index (χ1n) is 2.21. The predicted molar refractivity (Wildman–Crippen MR) is 28.0 cm³/mol. The van der Waals surface area contributed by atoms with E-state index in [1.807, 2.05) is 6.92 Å². The average molecular weight is 99.1 g/mol. The van der Waals surface area contributed by atoms with Crippen molar-refractivity contribution in [1.82, 2.24) is 0 Å². The number of hydrogen-bond donors (Lipinski definition) is 0. The van der Waals surface area contributed by atoms with Crippen LogP contribution in [0.4, 0.5) is 4.39 Å². The summed E-state index contributed by atoms with van der Waals surface area (Å²) in [5.74, 6) is 2.42. The van der Waals surface area contributed by atoms with E-state index in [0.717, 1.165) is 0 Å². The smallest absolute Gasteiger partial charge is 0.105 e. The maximum atomic E-state index is 11.0. The Kier molecular flexibility index (Phi) is 3.40. The monoisotopic (exact) mass is 99.1 g/mol. The van der Waals surface area contributed by atoms with E-state index in [1.54, 1.807) is 0 Å². The van der Waals surface area contributed by atoms with Gasteiger partial charge in [0.05, 0.1) is 0 Å². The third-order valence-corrected chi connectivity index (χ3v) is 0.734. The van der Waals surface area contributed by atoms with Crippen molar-refractivity contribution >= 4 is 0 Å². The molecule has 39 valence electrons. The molecule has 0 aromatic rings. The molecule has 0 rings (SSSR count). The van der Waals surface area contributed by atoms with Gasteiger partial charge in [0.25, 0.3) is 0 Å². The lowest BCUT2D eigenvalue weighted by molar-refractivity contribution is 0.734. The van der Waals surface area contributed by atoms with Crippen molar-refractivity contribution in [2.24, 2.45) is 5.92 Å². The van der Waals surface area contributed by atoms with E-state index < -0.39 is 0 Å². The second-order valence-electron chi connectivity index (χ2n) is 1.43. The van der Waals surface area contributed by atoms with E-state index in [0.29, 0.717) is 6.42 Å². The van der Waals surface area contributed by atoms with Crippen molar-refractivity contribution in [2.75, 3.05) is 0 Å². The second-order valence-corrected chi connectivity index (χ2v) is 1.43. The van der Waals surface area contributed by atoms with Crippen molar-refractivity contribution in [1.29, 1.82) is 0 Å². The molecule has 0 N–H and O–H groups in total. The van der Waals surface area contributed by atoms with Gasteiger partial charge in [0.1, 0.15) is 6.17 Å². The van der Waals surface area contributed by atoms with Crippen LogP contribution in [-0.2, 0) is 0 Å². The molecule has 0 aromatic heterocycles. The Labute approximate surface area is 43.7 Å². The lowest BCUT2D eigenvalue weighted by atomic mass is 10.1. The maximum Gasteiger partial charge on any atom is 0.105 e. The standard InChI is InChI=1S/C6H8F/c1-3-6(2)4-5-7/h6H,1,3H2,2H3. The van der Waals surface area contributed by atoms with Crippen LogP contribution in [0.5, 0.6) is 0 Å². The van der Waals surface area contributed by atoms with Gasteiger partial charge in [-0.3, -0.25) is 0 Å². The Morgan fingerprint density at radius 2 is 2.43 bits per heavy atom. The Hall–Kier alpha value is -0.510. The maximum absolute atomic E-state index is 11.0. The molecule has 1 radical (unpaired) electrons. The van der Waals surface area contributed by atoms with E-state index in [1.165, 1.54) is 6.17 Å². The molecule has 0 saturated carbocycles. The van der Waals surface area contributed by atoms with Gasteiger partial charge < -0.3 is 0 Å². The van der Waals surface area contributed by atoms with Crippen molar-refractivity contribution < 1.29 is 4.39 Å². The summed E-state index contributed by atoms with van der Waals surface area (Å²) < 4.78 is 11.0. The first-order valence-corrected chi connectivity index (χ1v) is 2.21. The lowest BCUT2D eigenvalue weighted by Gasteiger charge is -1.90. The van der Waals surface area contributed by atoms with Crippen LogP contribution < -0.4 is 0 Å². The molecular formula is C6H8F. The van der Waals surface area contributed by atoms with Gasteiger partial charge in [-0.25, -0.2) is 0 Å². The molecule has 0 aromatic carbocycles. The SMILES string of the molecule is [CH2]CC(C)C#CF. The van der Waals surface area contributed by atoms with Gasteiger partial charge in [0.2, 0.25) is 0 Å². The van der Waals surface area contributed by atoms with Crippen LogP contribution in [0.15, 0.2) is 0 Å². The minimum atomic E-state index is 0.102. The molecule has 0 spiro atoms. The first-order chi connectivity index (χ1) is 3.31. The van der Waals surface area contributed by atoms with E-state index in [-0.39, 0.29) is 5.92 Å². The molecule has 0 bridgehead atoms. The molecule has 0 aliphatic rings. The van der Waals surface area contributed by atoms with Crippen LogP contribution in [0, 0.1) is 24.9 Å². The normalized spacial score (nSPS) is 11.9. The van der Waals surface area contributed by atoms with E-state index in [4.69, 9.17) is 0 Å². The number of hydrogen-bond acceptors (Lipinski definition) is 0. The highest BCUT2D eigenvalue weighted by molar-refractivity contribution is 4.95. The van der Waals surface area contributed by atoms with Crippen molar-refractivity contribution in [3.05, 3.63) is 6.92 Å². The average Bonchev–Trinajstić information content (AvgIpc) is 1.68. The van der Waals surface area contributed by atoms with Crippen molar-refractivity contribution in [3.8, 4) is 12.1 Å². The third-order valence-electron chi connectivity index (χ3n) is 0.734. The largest absolute Gasteiger partial charge is 0.144 e. The molecule has 1 heteroatoms. The van der Waals surface area contributed by atoms with Crippen LogP contribution in [-0.4, -0.2) is 0 Å². The van der Waals surface area contributed by atoms with Gasteiger partial charge in [-0.05, 0) is 6.42 Å². The topological polar surface area (TPSA) is 0 Å². The summed E-state index contributed by atoms with van der Waals surface area (Å²) in [6.07, 6.45) is 2.01. The summed E-state index contributed by atoms with van der Waals surface area (Å²) in [7, 11) is 0. The second kappa shape index (κ2) is 3.67. The lowest BCUT2D eigenvalue weighted by Crippen LogP contribution is -1.83. The van der Waals surface area contributed by atoms with E-state index in [2.05, 4.69) is 12.8 Å². The Balaban J connectivity index is 3.29. The molecule has 1 unspecified atom stereocenters. The van der Waals surface area contributed by atoms with Gasteiger partial charge in [0, 0.05) is 5.92 Å². The summed E-state index contributed by atoms with van der Waals surface area (Å²) in [5.41, 5.74) is 0. The Morgan fingerprint density at radius 3 is 2.57 bits per heavy atom. The van der Waals surface area contributed by atoms with Crippen molar-refractivity contribution in [2.45, 2.75) is 13.3 Å². The first kappa shape index (κ1) is 6.49. The summed E-state index contributed by atoms with van der Waals surface area (Å²) in [6.45, 7) is 5.37. The zero-order valence-electron chi connectivity index (χ0n) is 4.37. The zero-order chi connectivity index (χ0) is 5.70. The van der Waals surface area contributed by atoms with Gasteiger partial charge in [0.15, 0.2) is 0 Å². The van der Waals surface area contributed by atoms with Crippen LogP contribution in [0.1, 0.15) is 13.3 Å². The Morgan fingerprint density at radius 1 is 1.86 bits per heavy atom. The molecule has 0 aliphatic carbocycles. The Bertz CT molecular complexity index is 86.1. The zero-order valence-corrected chi connectivity index (χ0v) is 4.37. The van der Waals surface area contributed by atoms with Crippen LogP contribution in [0.3, 0.4) is 0 Å². The minimum absolute atomic E-state index is 0.102. The van der Waals surface area contributed by atoms with Gasteiger partial charge in [-0.1, -0.05) is 19.8 Å². The highest BCUT2D eigenvalue weighted by Crippen LogP contribution is 1.95. The molecule has 0 nitrogen and oxygen atoms in total. The molecule has 0 amide bonds. The molecule has 0 heterocycles. The van der Waals surface area contributed by atoms with Crippen molar-refractivity contribution in [3.63, 3.8) is 0 Å². The number of halogens is 1. The van der Waals surface area contributed by atoms with Crippen LogP contribution in [0.25, 0.3) is 0 Å². The molecule has 7 heavy (non-hydrogen) atoms. The molecule has 0 aliphatic heterocycles. The van der Waals surface area contributed by atoms with Crippen LogP contribution in [0.2, 0.25) is 0 Å². The quantitative estimate of drug-likeness (QED) is 0.439. The molecule has 0 fully saturated rings. The molecule has 0 saturated heterocycles. The van der Waals surface area contributed by atoms with E-state index in [9.17, 15) is 4.39 Å². The fourth-order valence-electron chi connectivity index (χ4n) is 0.165. The minimum Gasteiger partial charge on any atom is -0.144 e. The molecule has 1 atom stereocenters. The van der Waals surface area contributed by atoms with Crippen LogP contribution >= 0.6 is 0 Å². The fraction of sp³-hybridized carbons (Fsp3) is 0.500. The fourth-order valence-corrected chi connectivity index (χ4v) is 0.165.